The van der Waals surface area contributed by atoms with Crippen LogP contribution in [0.1, 0.15) is 19.3 Å². The second-order valence-corrected chi connectivity index (χ2v) is 4.01. The average Bonchev–Trinajstić information content (AvgIpc) is 2.31. The van der Waals surface area contributed by atoms with Gasteiger partial charge >= 0.3 is 5.97 Å². The Morgan fingerprint density at radius 1 is 1.25 bits per heavy atom. The first kappa shape index (κ1) is 8.88. The van der Waals surface area contributed by atoms with E-state index in [0.717, 1.165) is 0 Å². The van der Waals surface area contributed by atoms with E-state index >= 15 is 0 Å². The lowest BCUT2D eigenvalue weighted by Gasteiger charge is -1.89. The Kier molecular flexibility index (Phi) is 2.25. The topological polar surface area (TPSA) is 97.5 Å². The van der Waals surface area contributed by atoms with Gasteiger partial charge in [-0.2, -0.15) is 0 Å². The zero-order valence-electron chi connectivity index (χ0n) is 5.57. The molecule has 1 aromatic heterocycles. The summed E-state index contributed by atoms with van der Waals surface area (Å²) in [4.78, 5) is 31.2. The number of primary amides is 1. The van der Waals surface area contributed by atoms with Crippen LogP contribution in [0, 0.1) is 0 Å². The van der Waals surface area contributed by atoms with Gasteiger partial charge in [-0.25, -0.2) is 4.79 Å². The van der Waals surface area contributed by atoms with Crippen molar-refractivity contribution in [3.8, 4) is 0 Å². The molecule has 64 valence electrons. The third-order valence-corrected chi connectivity index (χ3v) is 3.15. The predicted molar refractivity (Wildman–Crippen MR) is 43.9 cm³/mol. The summed E-state index contributed by atoms with van der Waals surface area (Å²) in [7, 11) is 0. The number of aromatic carboxylic acids is 1. The van der Waals surface area contributed by atoms with Crippen molar-refractivity contribution in [3.63, 3.8) is 0 Å². The summed E-state index contributed by atoms with van der Waals surface area (Å²) in [5.41, 5.74) is 4.84. The van der Waals surface area contributed by atoms with Gasteiger partial charge in [0.15, 0.2) is 0 Å². The largest absolute Gasteiger partial charge is 0.477 e. The van der Waals surface area contributed by atoms with Crippen molar-refractivity contribution >= 4 is 34.6 Å². The Hall–Kier alpha value is -1.21. The lowest BCUT2D eigenvalue weighted by molar-refractivity contribution is 0.0698. The highest BCUT2D eigenvalue weighted by atomic mass is 32.2. The molecule has 0 bridgehead atoms. The van der Waals surface area contributed by atoms with Gasteiger partial charge in [-0.15, -0.1) is 0 Å². The van der Waals surface area contributed by atoms with Crippen LogP contribution in [0.5, 0.6) is 0 Å². The smallest absolute Gasteiger partial charge is 0.347 e. The zero-order chi connectivity index (χ0) is 9.30. The standard InChI is InChI=1S/C5H3NO4S2/c6-3(7)1-2(4(8)9)12-5(10)11-1/h(H2,6,7)(H,8,9). The molecule has 1 amide bonds. The molecule has 0 radical (unpaired) electrons. The van der Waals surface area contributed by atoms with Gasteiger partial charge in [0.25, 0.3) is 9.96 Å². The summed E-state index contributed by atoms with van der Waals surface area (Å²) >= 11 is 1.07. The van der Waals surface area contributed by atoms with Gasteiger partial charge in [0.1, 0.15) is 9.75 Å². The average molecular weight is 205 g/mol. The first-order chi connectivity index (χ1) is 5.52. The molecule has 0 fully saturated rings. The molecule has 0 saturated carbocycles. The van der Waals surface area contributed by atoms with Gasteiger partial charge in [-0.3, -0.25) is 9.59 Å². The first-order valence-electron chi connectivity index (χ1n) is 2.69. The fourth-order valence-corrected chi connectivity index (χ4v) is 2.39. The molecular formula is C5H3NO4S2. The van der Waals surface area contributed by atoms with Crippen molar-refractivity contribution in [3.05, 3.63) is 18.6 Å². The summed E-state index contributed by atoms with van der Waals surface area (Å²) < 4.78 is -0.443. The van der Waals surface area contributed by atoms with E-state index in [1.54, 1.807) is 0 Å². The van der Waals surface area contributed by atoms with Gasteiger partial charge in [0.2, 0.25) is 0 Å². The van der Waals surface area contributed by atoms with Crippen LogP contribution in [0.2, 0.25) is 0 Å². The van der Waals surface area contributed by atoms with E-state index in [4.69, 9.17) is 10.8 Å². The molecule has 0 spiro atoms. The van der Waals surface area contributed by atoms with Crippen molar-refractivity contribution in [1.82, 2.24) is 0 Å². The molecule has 12 heavy (non-hydrogen) atoms. The van der Waals surface area contributed by atoms with Crippen molar-refractivity contribution in [1.29, 1.82) is 0 Å². The number of hydrogen-bond donors (Lipinski definition) is 2. The third-order valence-electron chi connectivity index (χ3n) is 0.995. The molecule has 1 heterocycles. The van der Waals surface area contributed by atoms with Crippen molar-refractivity contribution in [2.24, 2.45) is 5.73 Å². The fraction of sp³-hybridized carbons (Fsp3) is 0. The molecular weight excluding hydrogens is 202 g/mol. The van der Waals surface area contributed by atoms with Gasteiger partial charge in [0.05, 0.1) is 0 Å². The third kappa shape index (κ3) is 1.51. The molecule has 0 aliphatic rings. The molecule has 1 rings (SSSR count). The maximum Gasteiger partial charge on any atom is 0.347 e. The Bertz CT molecular complexity index is 356. The zero-order valence-corrected chi connectivity index (χ0v) is 7.20. The molecule has 0 aromatic carbocycles. The highest BCUT2D eigenvalue weighted by Crippen LogP contribution is 2.15. The van der Waals surface area contributed by atoms with Gasteiger partial charge in [-0.1, -0.05) is 22.7 Å². The summed E-state index contributed by atoms with van der Waals surface area (Å²) in [6.45, 7) is 0. The second-order valence-electron chi connectivity index (χ2n) is 1.78. The highest BCUT2D eigenvalue weighted by Gasteiger charge is 2.19. The molecule has 5 nitrogen and oxygen atoms in total. The summed E-state index contributed by atoms with van der Waals surface area (Å²) in [6.07, 6.45) is 0. The van der Waals surface area contributed by atoms with Crippen LogP contribution >= 0.6 is 22.7 Å². The molecule has 1 aromatic rings. The van der Waals surface area contributed by atoms with Crippen LogP contribution in [-0.2, 0) is 0 Å². The molecule has 0 unspecified atom stereocenters. The summed E-state index contributed by atoms with van der Waals surface area (Å²) in [6, 6.07) is 0. The monoisotopic (exact) mass is 205 g/mol. The summed E-state index contributed by atoms with van der Waals surface area (Å²) in [5.74, 6) is -2.18. The normalized spacial score (nSPS) is 9.67. The minimum Gasteiger partial charge on any atom is -0.477 e. The maximum atomic E-state index is 10.7. The van der Waals surface area contributed by atoms with Crippen LogP contribution < -0.4 is 9.79 Å². The predicted octanol–water partition coefficient (Wildman–Crippen LogP) is -0.0331. The molecule has 0 aliphatic heterocycles. The number of carbonyl (C=O) groups excluding carboxylic acids is 1. The Morgan fingerprint density at radius 2 is 1.75 bits per heavy atom. The fourth-order valence-electron chi connectivity index (χ4n) is 0.583. The molecule has 7 heteroatoms. The van der Waals surface area contributed by atoms with Crippen molar-refractivity contribution in [2.45, 2.75) is 0 Å². The van der Waals surface area contributed by atoms with Gasteiger partial charge in [-0.05, 0) is 0 Å². The quantitative estimate of drug-likeness (QED) is 0.708. The van der Waals surface area contributed by atoms with E-state index < -0.39 is 15.9 Å². The minimum absolute atomic E-state index is 0.183. The molecule has 3 N–H and O–H groups in total. The maximum absolute atomic E-state index is 10.7. The van der Waals surface area contributed by atoms with Crippen LogP contribution in [0.15, 0.2) is 4.79 Å². The van der Waals surface area contributed by atoms with E-state index in [9.17, 15) is 14.4 Å². The molecule has 0 aliphatic carbocycles. The first-order valence-corrected chi connectivity index (χ1v) is 4.32. The Balaban J connectivity index is 3.36. The van der Waals surface area contributed by atoms with E-state index in [1.165, 1.54) is 0 Å². The van der Waals surface area contributed by atoms with E-state index in [0.29, 0.717) is 22.7 Å². The van der Waals surface area contributed by atoms with Crippen LogP contribution in [0.3, 0.4) is 0 Å². The molecule has 0 atom stereocenters. The number of nitrogens with two attached hydrogens (primary N) is 1. The molecule has 0 saturated heterocycles. The summed E-state index contributed by atoms with van der Waals surface area (Å²) in [5, 5.41) is 8.50. The van der Waals surface area contributed by atoms with Gasteiger partial charge < -0.3 is 10.8 Å². The lowest BCUT2D eigenvalue weighted by atomic mass is 10.4. The SMILES string of the molecule is NC(=O)c1sc(=O)sc1C(=O)O. The second kappa shape index (κ2) is 3.03. The number of amides is 1. The Morgan fingerprint density at radius 3 is 2.08 bits per heavy atom. The van der Waals surface area contributed by atoms with E-state index in [2.05, 4.69) is 0 Å². The van der Waals surface area contributed by atoms with Crippen LogP contribution in [0.25, 0.3) is 0 Å². The number of carboxylic acid groups (broad SMARTS) is 1. The van der Waals surface area contributed by atoms with E-state index in [1.807, 2.05) is 0 Å². The minimum atomic E-state index is -1.30. The number of rotatable bonds is 2. The van der Waals surface area contributed by atoms with Crippen LogP contribution in [0.4, 0.5) is 0 Å². The van der Waals surface area contributed by atoms with Crippen molar-refractivity contribution in [2.75, 3.05) is 0 Å². The van der Waals surface area contributed by atoms with Crippen molar-refractivity contribution < 1.29 is 14.7 Å². The number of hydrogen-bond acceptors (Lipinski definition) is 5. The van der Waals surface area contributed by atoms with Gasteiger partial charge in [0, 0.05) is 0 Å². The van der Waals surface area contributed by atoms with E-state index in [-0.39, 0.29) is 9.75 Å². The number of carbonyl (C=O) groups is 2. The Labute approximate surface area is 74.1 Å². The number of carboxylic acids is 1. The highest BCUT2D eigenvalue weighted by molar-refractivity contribution is 7.29. The van der Waals surface area contributed by atoms with Crippen LogP contribution in [-0.4, -0.2) is 17.0 Å². The lowest BCUT2D eigenvalue weighted by Crippen LogP contribution is -2.12.